The number of benzene rings is 1. The Kier molecular flexibility index (Phi) is 3.46. The summed E-state index contributed by atoms with van der Waals surface area (Å²) >= 11 is 0. The van der Waals surface area contributed by atoms with E-state index in [9.17, 15) is 4.79 Å². The van der Waals surface area contributed by atoms with E-state index in [4.69, 9.17) is 10.5 Å². The van der Waals surface area contributed by atoms with Gasteiger partial charge in [0.15, 0.2) is 0 Å². The lowest BCUT2D eigenvalue weighted by Gasteiger charge is -2.33. The minimum atomic E-state index is -0.646. The number of urea groups is 1. The maximum absolute atomic E-state index is 10.8. The number of carbonyl (C=O) groups excluding carboxylic acids is 1. The van der Waals surface area contributed by atoms with E-state index >= 15 is 0 Å². The molecule has 0 atom stereocenters. The average molecular weight is 261 g/mol. The highest BCUT2D eigenvalue weighted by atomic mass is 16.5. The van der Waals surface area contributed by atoms with Gasteiger partial charge < -0.3 is 10.5 Å². The molecule has 1 aliphatic rings. The number of primary amides is 1. The molecule has 19 heavy (non-hydrogen) atoms. The Morgan fingerprint density at radius 2 is 2.21 bits per heavy atom. The third-order valence-electron chi connectivity index (χ3n) is 3.55. The van der Waals surface area contributed by atoms with Gasteiger partial charge in [0.1, 0.15) is 5.75 Å². The number of hydrogen-bond acceptors (Lipinski definition) is 3. The van der Waals surface area contributed by atoms with Crippen molar-refractivity contribution in [2.75, 3.05) is 7.11 Å². The lowest BCUT2D eigenvalue weighted by Crippen LogP contribution is -2.31. The van der Waals surface area contributed by atoms with Crippen LogP contribution in [0.4, 0.5) is 4.79 Å². The van der Waals surface area contributed by atoms with Gasteiger partial charge in [0.05, 0.1) is 12.8 Å². The molecule has 2 amide bonds. The molecule has 0 aliphatic heterocycles. The van der Waals surface area contributed by atoms with Crippen molar-refractivity contribution in [1.29, 1.82) is 0 Å². The Morgan fingerprint density at radius 3 is 2.84 bits per heavy atom. The second kappa shape index (κ2) is 4.91. The molecule has 0 unspecified atom stereocenters. The van der Waals surface area contributed by atoms with Crippen LogP contribution < -0.4 is 15.9 Å². The van der Waals surface area contributed by atoms with Crippen molar-refractivity contribution >= 4 is 11.7 Å². The molecule has 1 aliphatic carbocycles. The van der Waals surface area contributed by atoms with Crippen LogP contribution in [0.1, 0.15) is 37.8 Å². The molecule has 0 aromatic heterocycles. The molecule has 0 radical (unpaired) electrons. The highest BCUT2D eigenvalue weighted by Crippen LogP contribution is 2.38. The molecular formula is C14H19N3O2. The van der Waals surface area contributed by atoms with E-state index in [0.29, 0.717) is 0 Å². The first-order chi connectivity index (χ1) is 8.94. The molecule has 1 aromatic rings. The molecule has 0 spiro atoms. The van der Waals surface area contributed by atoms with Gasteiger partial charge in [0.2, 0.25) is 0 Å². The second-order valence-corrected chi connectivity index (χ2v) is 5.33. The van der Waals surface area contributed by atoms with Crippen molar-refractivity contribution in [2.24, 2.45) is 10.8 Å². The standard InChI is InChI=1S/C14H19N3O2/c1-14(2)7-6-12(16-17-13(15)18)10-5-4-9(19-3)8-11(10)14/h4-5,8H,6-7H2,1-3H3,(H3,15,17,18)/b16-12-. The summed E-state index contributed by atoms with van der Waals surface area (Å²) in [5, 5.41) is 4.10. The Labute approximate surface area is 112 Å². The minimum absolute atomic E-state index is 0.0651. The van der Waals surface area contributed by atoms with Gasteiger partial charge >= 0.3 is 6.03 Å². The third-order valence-corrected chi connectivity index (χ3v) is 3.55. The summed E-state index contributed by atoms with van der Waals surface area (Å²) in [5.41, 5.74) is 10.5. The van der Waals surface area contributed by atoms with Crippen LogP contribution in [-0.4, -0.2) is 18.9 Å². The highest BCUT2D eigenvalue weighted by Gasteiger charge is 2.31. The van der Waals surface area contributed by atoms with E-state index in [0.717, 1.165) is 29.9 Å². The van der Waals surface area contributed by atoms with E-state index < -0.39 is 6.03 Å². The quantitative estimate of drug-likeness (QED) is 0.800. The van der Waals surface area contributed by atoms with Gasteiger partial charge in [-0.15, -0.1) is 0 Å². The zero-order valence-electron chi connectivity index (χ0n) is 11.5. The predicted octanol–water partition coefficient (Wildman–Crippen LogP) is 2.14. The molecule has 3 N–H and O–H groups in total. The molecule has 0 bridgehead atoms. The van der Waals surface area contributed by atoms with Crippen molar-refractivity contribution in [1.82, 2.24) is 5.43 Å². The van der Waals surface area contributed by atoms with Gasteiger partial charge in [-0.1, -0.05) is 13.8 Å². The molecule has 0 saturated carbocycles. The number of nitrogens with zero attached hydrogens (tertiary/aromatic N) is 1. The smallest absolute Gasteiger partial charge is 0.332 e. The summed E-state index contributed by atoms with van der Waals surface area (Å²) in [7, 11) is 1.65. The number of amides is 2. The fourth-order valence-electron chi connectivity index (χ4n) is 2.40. The Morgan fingerprint density at radius 1 is 1.47 bits per heavy atom. The van der Waals surface area contributed by atoms with E-state index in [-0.39, 0.29) is 5.41 Å². The van der Waals surface area contributed by atoms with Crippen molar-refractivity contribution in [2.45, 2.75) is 32.1 Å². The van der Waals surface area contributed by atoms with Crippen molar-refractivity contribution in [3.05, 3.63) is 29.3 Å². The number of carbonyl (C=O) groups is 1. The van der Waals surface area contributed by atoms with E-state index in [1.165, 1.54) is 5.56 Å². The molecule has 5 nitrogen and oxygen atoms in total. The number of nitrogens with two attached hydrogens (primary N) is 1. The number of methoxy groups -OCH3 is 1. The zero-order chi connectivity index (χ0) is 14.0. The molecule has 0 saturated heterocycles. The van der Waals surface area contributed by atoms with Crippen LogP contribution in [-0.2, 0) is 5.41 Å². The number of ether oxygens (including phenoxy) is 1. The number of fused-ring (bicyclic) bond motifs is 1. The second-order valence-electron chi connectivity index (χ2n) is 5.33. The Bertz CT molecular complexity index is 535. The number of nitrogens with one attached hydrogen (secondary N) is 1. The number of hydrazone groups is 1. The molecule has 5 heteroatoms. The normalized spacial score (nSPS) is 18.8. The highest BCUT2D eigenvalue weighted by molar-refractivity contribution is 6.03. The van der Waals surface area contributed by atoms with Crippen LogP contribution in [0.15, 0.2) is 23.3 Å². The van der Waals surface area contributed by atoms with Crippen molar-refractivity contribution in [3.63, 3.8) is 0 Å². The summed E-state index contributed by atoms with van der Waals surface area (Å²) in [6.45, 7) is 4.40. The largest absolute Gasteiger partial charge is 0.497 e. The summed E-state index contributed by atoms with van der Waals surface area (Å²) in [6, 6.07) is 5.28. The van der Waals surface area contributed by atoms with Gasteiger partial charge in [-0.2, -0.15) is 5.10 Å². The average Bonchev–Trinajstić information content (AvgIpc) is 2.37. The molecule has 0 heterocycles. The Balaban J connectivity index is 2.46. The summed E-state index contributed by atoms with van der Waals surface area (Å²) in [4.78, 5) is 10.8. The summed E-state index contributed by atoms with van der Waals surface area (Å²) < 4.78 is 5.28. The van der Waals surface area contributed by atoms with Gasteiger partial charge in [0, 0.05) is 5.56 Å². The SMILES string of the molecule is COc1ccc2c(c1)C(C)(C)CC/C2=N/NC(N)=O. The third kappa shape index (κ3) is 2.70. The van der Waals surface area contributed by atoms with E-state index in [1.807, 2.05) is 18.2 Å². The lowest BCUT2D eigenvalue weighted by molar-refractivity contribution is 0.249. The van der Waals surface area contributed by atoms with Gasteiger partial charge in [-0.05, 0) is 42.0 Å². The van der Waals surface area contributed by atoms with Crippen molar-refractivity contribution in [3.8, 4) is 5.75 Å². The van der Waals surface area contributed by atoms with Crippen LogP contribution in [0, 0.1) is 0 Å². The summed E-state index contributed by atoms with van der Waals surface area (Å²) in [6.07, 6.45) is 1.78. The molecule has 2 rings (SSSR count). The fraction of sp³-hybridized carbons (Fsp3) is 0.429. The monoisotopic (exact) mass is 261 g/mol. The molecule has 102 valence electrons. The van der Waals surface area contributed by atoms with Gasteiger partial charge in [-0.25, -0.2) is 10.2 Å². The number of hydrogen-bond donors (Lipinski definition) is 2. The predicted molar refractivity (Wildman–Crippen MR) is 74.5 cm³/mol. The zero-order valence-corrected chi connectivity index (χ0v) is 11.5. The van der Waals surface area contributed by atoms with Gasteiger partial charge in [-0.3, -0.25) is 0 Å². The molecular weight excluding hydrogens is 242 g/mol. The Hall–Kier alpha value is -2.04. The number of rotatable bonds is 2. The van der Waals surface area contributed by atoms with Crippen molar-refractivity contribution < 1.29 is 9.53 Å². The topological polar surface area (TPSA) is 76.7 Å². The lowest BCUT2D eigenvalue weighted by atomic mass is 9.72. The van der Waals surface area contributed by atoms with Crippen LogP contribution in [0.25, 0.3) is 0 Å². The van der Waals surface area contributed by atoms with Crippen LogP contribution >= 0.6 is 0 Å². The minimum Gasteiger partial charge on any atom is -0.497 e. The van der Waals surface area contributed by atoms with Gasteiger partial charge in [0.25, 0.3) is 0 Å². The molecule has 1 aromatic carbocycles. The maximum atomic E-state index is 10.8. The molecule has 0 fully saturated rings. The van der Waals surface area contributed by atoms with E-state index in [2.05, 4.69) is 24.4 Å². The maximum Gasteiger partial charge on any atom is 0.332 e. The van der Waals surface area contributed by atoms with Crippen LogP contribution in [0.3, 0.4) is 0 Å². The van der Waals surface area contributed by atoms with E-state index in [1.54, 1.807) is 7.11 Å². The summed E-state index contributed by atoms with van der Waals surface area (Å²) in [5.74, 6) is 0.830. The first kappa shape index (κ1) is 13.4. The first-order valence-corrected chi connectivity index (χ1v) is 6.25. The van der Waals surface area contributed by atoms with Crippen LogP contribution in [0.2, 0.25) is 0 Å². The first-order valence-electron chi connectivity index (χ1n) is 6.25. The fourth-order valence-corrected chi connectivity index (χ4v) is 2.40. The van der Waals surface area contributed by atoms with Crippen LogP contribution in [0.5, 0.6) is 5.75 Å².